The molecule has 1 aliphatic heterocycles. The first kappa shape index (κ1) is 5.56. The SMILES string of the molecule is O=C1COCC[CH]N1. The van der Waals surface area contributed by atoms with E-state index in [4.69, 9.17) is 4.74 Å². The molecule has 0 atom stereocenters. The zero-order valence-electron chi connectivity index (χ0n) is 4.52. The molecule has 1 fully saturated rings. The Kier molecular flexibility index (Phi) is 1.86. The topological polar surface area (TPSA) is 38.3 Å². The van der Waals surface area contributed by atoms with E-state index < -0.39 is 0 Å². The van der Waals surface area contributed by atoms with Gasteiger partial charge in [-0.2, -0.15) is 0 Å². The Balaban J connectivity index is 2.27. The van der Waals surface area contributed by atoms with Crippen molar-refractivity contribution in [3.05, 3.63) is 6.54 Å². The molecule has 1 aliphatic rings. The average molecular weight is 114 g/mol. The molecule has 1 radical (unpaired) electrons. The molecular weight excluding hydrogens is 106 g/mol. The van der Waals surface area contributed by atoms with Crippen LogP contribution in [-0.2, 0) is 9.53 Å². The van der Waals surface area contributed by atoms with Crippen molar-refractivity contribution in [2.45, 2.75) is 6.42 Å². The summed E-state index contributed by atoms with van der Waals surface area (Å²) >= 11 is 0. The molecule has 0 aromatic heterocycles. The monoisotopic (exact) mass is 114 g/mol. The summed E-state index contributed by atoms with van der Waals surface area (Å²) in [7, 11) is 0. The van der Waals surface area contributed by atoms with Crippen molar-refractivity contribution in [3.63, 3.8) is 0 Å². The molecule has 0 spiro atoms. The fraction of sp³-hybridized carbons (Fsp3) is 0.600. The van der Waals surface area contributed by atoms with Crippen LogP contribution >= 0.6 is 0 Å². The lowest BCUT2D eigenvalue weighted by Gasteiger charge is -1.92. The van der Waals surface area contributed by atoms with E-state index in [-0.39, 0.29) is 12.5 Å². The van der Waals surface area contributed by atoms with Crippen molar-refractivity contribution < 1.29 is 9.53 Å². The van der Waals surface area contributed by atoms with E-state index in [0.29, 0.717) is 6.61 Å². The van der Waals surface area contributed by atoms with Crippen LogP contribution in [0.25, 0.3) is 0 Å². The first-order valence-corrected chi connectivity index (χ1v) is 2.58. The Labute approximate surface area is 48.0 Å². The van der Waals surface area contributed by atoms with E-state index in [1.54, 1.807) is 6.54 Å². The highest BCUT2D eigenvalue weighted by Gasteiger charge is 2.03. The van der Waals surface area contributed by atoms with Gasteiger partial charge >= 0.3 is 0 Å². The lowest BCUT2D eigenvalue weighted by atomic mass is 10.5. The third kappa shape index (κ3) is 1.50. The number of carbonyl (C=O) groups excluding carboxylic acids is 1. The van der Waals surface area contributed by atoms with Crippen molar-refractivity contribution in [2.24, 2.45) is 0 Å². The zero-order valence-corrected chi connectivity index (χ0v) is 4.52. The minimum atomic E-state index is -0.0532. The standard InChI is InChI=1S/C5H8NO2/c7-5-4-8-3-1-2-6-5/h2H,1,3-4H2,(H,6,7). The quantitative estimate of drug-likeness (QED) is 0.469. The maximum absolute atomic E-state index is 10.4. The first-order valence-electron chi connectivity index (χ1n) is 2.58. The van der Waals surface area contributed by atoms with E-state index in [1.807, 2.05) is 0 Å². The number of hydrogen-bond acceptors (Lipinski definition) is 2. The van der Waals surface area contributed by atoms with E-state index in [1.165, 1.54) is 0 Å². The van der Waals surface area contributed by atoms with Gasteiger partial charge in [-0.1, -0.05) is 0 Å². The van der Waals surface area contributed by atoms with E-state index in [9.17, 15) is 4.79 Å². The van der Waals surface area contributed by atoms with Crippen molar-refractivity contribution in [2.75, 3.05) is 13.2 Å². The number of rotatable bonds is 0. The van der Waals surface area contributed by atoms with Gasteiger partial charge in [-0.3, -0.25) is 4.79 Å². The molecule has 3 nitrogen and oxygen atoms in total. The lowest BCUT2D eigenvalue weighted by Crippen LogP contribution is -2.21. The molecule has 0 aromatic rings. The smallest absolute Gasteiger partial charge is 0.246 e. The summed E-state index contributed by atoms with van der Waals surface area (Å²) in [6.07, 6.45) is 0.811. The molecule has 45 valence electrons. The van der Waals surface area contributed by atoms with Crippen molar-refractivity contribution in [1.29, 1.82) is 0 Å². The highest BCUT2D eigenvalue weighted by atomic mass is 16.5. The summed E-state index contributed by atoms with van der Waals surface area (Å²) in [4.78, 5) is 10.4. The summed E-state index contributed by atoms with van der Waals surface area (Å²) in [5.41, 5.74) is 0. The molecule has 8 heavy (non-hydrogen) atoms. The molecule has 1 N–H and O–H groups in total. The van der Waals surface area contributed by atoms with Gasteiger partial charge in [0.15, 0.2) is 0 Å². The minimum absolute atomic E-state index is 0.0532. The van der Waals surface area contributed by atoms with E-state index in [2.05, 4.69) is 5.32 Å². The van der Waals surface area contributed by atoms with Crippen LogP contribution in [0.15, 0.2) is 0 Å². The number of ether oxygens (including phenoxy) is 1. The minimum Gasteiger partial charge on any atom is -0.372 e. The number of carbonyl (C=O) groups is 1. The van der Waals surface area contributed by atoms with Crippen LogP contribution in [0.5, 0.6) is 0 Å². The molecular formula is C5H8NO2. The maximum Gasteiger partial charge on any atom is 0.246 e. The van der Waals surface area contributed by atoms with E-state index >= 15 is 0 Å². The van der Waals surface area contributed by atoms with Gasteiger partial charge in [-0.05, 0) is 6.42 Å². The van der Waals surface area contributed by atoms with Gasteiger partial charge in [0.25, 0.3) is 0 Å². The Morgan fingerprint density at radius 3 is 3.50 bits per heavy atom. The summed E-state index contributed by atoms with van der Waals surface area (Å²) in [5.74, 6) is -0.0532. The number of amides is 1. The van der Waals surface area contributed by atoms with Gasteiger partial charge in [0.1, 0.15) is 6.61 Å². The summed E-state index contributed by atoms with van der Waals surface area (Å²) < 4.78 is 4.86. The van der Waals surface area contributed by atoms with Crippen LogP contribution in [-0.4, -0.2) is 19.1 Å². The van der Waals surface area contributed by atoms with Crippen molar-refractivity contribution in [1.82, 2.24) is 5.32 Å². The van der Waals surface area contributed by atoms with Crippen LogP contribution in [0.2, 0.25) is 0 Å². The van der Waals surface area contributed by atoms with Gasteiger partial charge in [0, 0.05) is 6.61 Å². The fourth-order valence-electron chi connectivity index (χ4n) is 0.535. The molecule has 1 amide bonds. The number of nitrogens with one attached hydrogen (secondary N) is 1. The highest BCUT2D eigenvalue weighted by molar-refractivity contribution is 5.77. The molecule has 1 heterocycles. The summed E-state index contributed by atoms with van der Waals surface area (Å²) in [5, 5.41) is 2.56. The van der Waals surface area contributed by atoms with Gasteiger partial charge in [-0.25, -0.2) is 0 Å². The summed E-state index contributed by atoms with van der Waals surface area (Å²) in [6.45, 7) is 2.57. The number of hydrogen-bond donors (Lipinski definition) is 1. The van der Waals surface area contributed by atoms with Gasteiger partial charge in [0.2, 0.25) is 5.91 Å². The van der Waals surface area contributed by atoms with Gasteiger partial charge in [0.05, 0.1) is 6.54 Å². The molecule has 0 saturated carbocycles. The third-order valence-electron chi connectivity index (χ3n) is 0.903. The van der Waals surface area contributed by atoms with Crippen LogP contribution in [0.3, 0.4) is 0 Å². The van der Waals surface area contributed by atoms with Gasteiger partial charge < -0.3 is 10.1 Å². The molecule has 0 aliphatic carbocycles. The van der Waals surface area contributed by atoms with Crippen LogP contribution in [0, 0.1) is 6.54 Å². The van der Waals surface area contributed by atoms with Crippen LogP contribution in [0.4, 0.5) is 0 Å². The van der Waals surface area contributed by atoms with Gasteiger partial charge in [-0.15, -0.1) is 0 Å². The molecule has 0 unspecified atom stereocenters. The Hall–Kier alpha value is -0.570. The second-order valence-corrected chi connectivity index (χ2v) is 1.61. The molecule has 1 rings (SSSR count). The molecule has 0 bridgehead atoms. The highest BCUT2D eigenvalue weighted by Crippen LogP contribution is 1.89. The summed E-state index contributed by atoms with van der Waals surface area (Å²) in [6, 6.07) is 0. The first-order chi connectivity index (χ1) is 3.89. The van der Waals surface area contributed by atoms with E-state index in [0.717, 1.165) is 6.42 Å². The molecule has 3 heteroatoms. The Bertz CT molecular complexity index is 82.4. The van der Waals surface area contributed by atoms with Crippen LogP contribution in [0.1, 0.15) is 6.42 Å². The third-order valence-corrected chi connectivity index (χ3v) is 0.903. The normalized spacial score (nSPS) is 21.8. The second-order valence-electron chi connectivity index (χ2n) is 1.61. The molecule has 1 saturated heterocycles. The van der Waals surface area contributed by atoms with Crippen molar-refractivity contribution >= 4 is 5.91 Å². The largest absolute Gasteiger partial charge is 0.372 e. The fourth-order valence-corrected chi connectivity index (χ4v) is 0.535. The van der Waals surface area contributed by atoms with Crippen LogP contribution < -0.4 is 5.32 Å². The predicted octanol–water partition coefficient (Wildman–Crippen LogP) is -0.315. The average Bonchev–Trinajstić information content (AvgIpc) is 1.94. The maximum atomic E-state index is 10.4. The second kappa shape index (κ2) is 2.67. The lowest BCUT2D eigenvalue weighted by molar-refractivity contribution is -0.123. The van der Waals surface area contributed by atoms with Crippen molar-refractivity contribution in [3.8, 4) is 0 Å². The Morgan fingerprint density at radius 1 is 1.75 bits per heavy atom. The molecule has 0 aromatic carbocycles. The predicted molar refractivity (Wildman–Crippen MR) is 27.9 cm³/mol. The zero-order chi connectivity index (χ0) is 5.82. The Morgan fingerprint density at radius 2 is 2.62 bits per heavy atom.